The second-order valence-electron chi connectivity index (χ2n) is 5.10. The van der Waals surface area contributed by atoms with Crippen molar-refractivity contribution in [2.24, 2.45) is 10.8 Å². The maximum absolute atomic E-state index is 12.2. The van der Waals surface area contributed by atoms with Crippen LogP contribution in [-0.2, 0) is 19.1 Å². The van der Waals surface area contributed by atoms with Gasteiger partial charge in [0.15, 0.2) is 10.8 Å². The van der Waals surface area contributed by atoms with Crippen LogP contribution in [0.2, 0.25) is 0 Å². The van der Waals surface area contributed by atoms with E-state index in [1.54, 1.807) is 12.1 Å². The monoisotopic (exact) mass is 329 g/mol. The lowest BCUT2D eigenvalue weighted by Crippen LogP contribution is -2.29. The Bertz CT molecular complexity index is 766. The molecule has 2 atom stereocenters. The number of benzene rings is 1. The minimum Gasteiger partial charge on any atom is -0.468 e. The highest BCUT2D eigenvalue weighted by Crippen LogP contribution is 2.74. The Balaban J connectivity index is 2.64. The number of nitro benzene ring substituents is 1. The largest absolute Gasteiger partial charge is 0.468 e. The summed E-state index contributed by atoms with van der Waals surface area (Å²) in [6.07, 6.45) is 0. The lowest BCUT2D eigenvalue weighted by atomic mass is 9.95. The van der Waals surface area contributed by atoms with Gasteiger partial charge in [-0.15, -0.1) is 0 Å². The third-order valence-electron chi connectivity index (χ3n) is 4.21. The highest BCUT2D eigenvalue weighted by atomic mass is 16.6. The van der Waals surface area contributed by atoms with E-state index in [1.165, 1.54) is 12.1 Å². The van der Waals surface area contributed by atoms with Crippen LogP contribution in [0.4, 0.5) is 5.69 Å². The molecule has 0 heterocycles. The highest BCUT2D eigenvalue weighted by Gasteiger charge is 2.89. The van der Waals surface area contributed by atoms with E-state index in [2.05, 4.69) is 9.47 Å². The lowest BCUT2D eigenvalue weighted by molar-refractivity contribution is -0.384. The average Bonchev–Trinajstić information content (AvgIpc) is 3.24. The molecule has 0 bridgehead atoms. The van der Waals surface area contributed by atoms with Crippen molar-refractivity contribution in [2.45, 2.75) is 5.92 Å². The van der Waals surface area contributed by atoms with Gasteiger partial charge in [-0.3, -0.25) is 19.7 Å². The fraction of sp³-hybridized carbons (Fsp3) is 0.333. The number of methoxy groups -OCH3 is 2. The molecule has 24 heavy (non-hydrogen) atoms. The van der Waals surface area contributed by atoms with Crippen LogP contribution in [0.15, 0.2) is 24.3 Å². The number of non-ortho nitro benzene ring substituents is 1. The Labute approximate surface area is 136 Å². The van der Waals surface area contributed by atoms with Crippen LogP contribution in [-0.4, -0.2) is 31.1 Å². The first kappa shape index (κ1) is 16.9. The minimum absolute atomic E-state index is 0.208. The minimum atomic E-state index is -2.07. The second kappa shape index (κ2) is 5.63. The summed E-state index contributed by atoms with van der Waals surface area (Å²) in [7, 11) is 2.07. The predicted molar refractivity (Wildman–Crippen MR) is 76.0 cm³/mol. The van der Waals surface area contributed by atoms with Crippen molar-refractivity contribution in [3.8, 4) is 12.1 Å². The van der Waals surface area contributed by atoms with Crippen molar-refractivity contribution in [1.29, 1.82) is 10.5 Å². The van der Waals surface area contributed by atoms with E-state index in [4.69, 9.17) is 0 Å². The molecule has 2 rings (SSSR count). The number of hydrogen-bond donors (Lipinski definition) is 0. The summed E-state index contributed by atoms with van der Waals surface area (Å²) < 4.78 is 9.21. The van der Waals surface area contributed by atoms with Crippen molar-refractivity contribution in [3.05, 3.63) is 39.9 Å². The number of hydrogen-bond acceptors (Lipinski definition) is 8. The number of nitro groups is 1. The molecule has 1 aromatic carbocycles. The Morgan fingerprint density at radius 1 is 1.08 bits per heavy atom. The van der Waals surface area contributed by atoms with Gasteiger partial charge < -0.3 is 9.47 Å². The summed E-state index contributed by atoms with van der Waals surface area (Å²) in [5.41, 5.74) is -4.10. The van der Waals surface area contributed by atoms with E-state index < -0.39 is 33.6 Å². The van der Waals surface area contributed by atoms with Crippen LogP contribution < -0.4 is 0 Å². The molecular weight excluding hydrogens is 318 g/mol. The first-order valence-electron chi connectivity index (χ1n) is 6.61. The SMILES string of the molecule is COC(=O)C1(C#N)C(c2ccc([N+](=O)[O-])cc2)C1(C#N)C(=O)OC. The molecule has 2 unspecified atom stereocenters. The van der Waals surface area contributed by atoms with Crippen molar-refractivity contribution in [1.82, 2.24) is 0 Å². The topological polar surface area (TPSA) is 143 Å². The van der Waals surface area contributed by atoms with Crippen LogP contribution in [0.1, 0.15) is 11.5 Å². The van der Waals surface area contributed by atoms with Crippen LogP contribution in [0, 0.1) is 43.6 Å². The van der Waals surface area contributed by atoms with Gasteiger partial charge in [0.05, 0.1) is 31.3 Å². The maximum Gasteiger partial charge on any atom is 0.329 e. The van der Waals surface area contributed by atoms with Gasteiger partial charge >= 0.3 is 11.9 Å². The number of nitriles is 2. The lowest BCUT2D eigenvalue weighted by Gasteiger charge is -2.09. The Morgan fingerprint density at radius 2 is 1.50 bits per heavy atom. The van der Waals surface area contributed by atoms with Crippen LogP contribution >= 0.6 is 0 Å². The fourth-order valence-electron chi connectivity index (χ4n) is 3.04. The quantitative estimate of drug-likeness (QED) is 0.453. The Morgan fingerprint density at radius 3 is 1.79 bits per heavy atom. The van der Waals surface area contributed by atoms with E-state index >= 15 is 0 Å². The van der Waals surface area contributed by atoms with Gasteiger partial charge in [-0.25, -0.2) is 0 Å². The molecule has 0 spiro atoms. The molecule has 0 radical (unpaired) electrons. The fourth-order valence-corrected chi connectivity index (χ4v) is 3.04. The van der Waals surface area contributed by atoms with E-state index in [9.17, 15) is 30.2 Å². The van der Waals surface area contributed by atoms with Crippen molar-refractivity contribution in [2.75, 3.05) is 14.2 Å². The molecule has 122 valence electrons. The predicted octanol–water partition coefficient (Wildman–Crippen LogP) is 1.06. The normalized spacial score (nSPS) is 27.2. The van der Waals surface area contributed by atoms with E-state index in [-0.39, 0.29) is 11.3 Å². The molecule has 1 aromatic rings. The Kier molecular flexibility index (Phi) is 3.97. The standard InChI is InChI=1S/C15H11N3O6/c1-23-12(19)14(7-16)11(15(14,8-17)13(20)24-2)9-3-5-10(6-4-9)18(21)22/h3-6,11H,1-2H3. The van der Waals surface area contributed by atoms with Gasteiger partial charge in [-0.1, -0.05) is 12.1 Å². The first-order valence-corrected chi connectivity index (χ1v) is 6.61. The van der Waals surface area contributed by atoms with Gasteiger partial charge in [0.2, 0.25) is 0 Å². The van der Waals surface area contributed by atoms with Crippen LogP contribution in [0.3, 0.4) is 0 Å². The maximum atomic E-state index is 12.2. The summed E-state index contributed by atoms with van der Waals surface area (Å²) in [4.78, 5) is 34.4. The number of carbonyl (C=O) groups is 2. The number of ether oxygens (including phenoxy) is 2. The van der Waals surface area contributed by atoms with Crippen molar-refractivity contribution < 1.29 is 24.0 Å². The zero-order valence-corrected chi connectivity index (χ0v) is 12.7. The molecule has 1 fully saturated rings. The Hall–Kier alpha value is -3.46. The van der Waals surface area contributed by atoms with E-state index in [0.29, 0.717) is 0 Å². The molecule has 1 saturated carbocycles. The number of carbonyl (C=O) groups excluding carboxylic acids is 2. The zero-order valence-electron chi connectivity index (χ0n) is 12.7. The summed E-state index contributed by atoms with van der Waals surface area (Å²) >= 11 is 0. The molecule has 1 aliphatic carbocycles. The zero-order chi connectivity index (χ0) is 18.1. The van der Waals surface area contributed by atoms with Gasteiger partial charge in [0, 0.05) is 18.1 Å². The molecule has 0 aromatic heterocycles. The van der Waals surface area contributed by atoms with Gasteiger partial charge in [0.25, 0.3) is 5.69 Å². The first-order chi connectivity index (χ1) is 11.4. The molecular formula is C15H11N3O6. The van der Waals surface area contributed by atoms with Crippen molar-refractivity contribution >= 4 is 17.6 Å². The molecule has 1 aliphatic rings. The summed E-state index contributed by atoms with van der Waals surface area (Å²) in [6.45, 7) is 0. The molecule has 0 aliphatic heterocycles. The third kappa shape index (κ3) is 1.85. The molecule has 0 amide bonds. The molecule has 0 N–H and O–H groups in total. The average molecular weight is 329 g/mol. The van der Waals surface area contributed by atoms with Gasteiger partial charge in [-0.05, 0) is 5.56 Å². The van der Waals surface area contributed by atoms with Gasteiger partial charge in [0.1, 0.15) is 0 Å². The molecule has 9 heteroatoms. The summed E-state index contributed by atoms with van der Waals surface area (Å²) in [5, 5.41) is 29.8. The van der Waals surface area contributed by atoms with Crippen molar-refractivity contribution in [3.63, 3.8) is 0 Å². The number of esters is 2. The van der Waals surface area contributed by atoms with Crippen LogP contribution in [0.5, 0.6) is 0 Å². The van der Waals surface area contributed by atoms with E-state index in [0.717, 1.165) is 26.4 Å². The number of rotatable bonds is 4. The molecule has 0 saturated heterocycles. The highest BCUT2D eigenvalue weighted by molar-refractivity contribution is 6.02. The third-order valence-corrected chi connectivity index (χ3v) is 4.21. The van der Waals surface area contributed by atoms with Gasteiger partial charge in [-0.2, -0.15) is 10.5 Å². The summed E-state index contributed by atoms with van der Waals surface area (Å²) in [5.74, 6) is -3.23. The van der Waals surface area contributed by atoms with Crippen LogP contribution in [0.25, 0.3) is 0 Å². The summed E-state index contributed by atoms with van der Waals surface area (Å²) in [6, 6.07) is 8.33. The molecule has 9 nitrogen and oxygen atoms in total. The van der Waals surface area contributed by atoms with E-state index in [1.807, 2.05) is 0 Å². The smallest absolute Gasteiger partial charge is 0.329 e. The second-order valence-corrected chi connectivity index (χ2v) is 5.10. The number of nitrogens with zero attached hydrogens (tertiary/aromatic N) is 3.